The van der Waals surface area contributed by atoms with E-state index in [4.69, 9.17) is 30.6 Å². The first-order chi connectivity index (χ1) is 17.1. The third-order valence-electron chi connectivity index (χ3n) is 3.94. The first-order valence-electron chi connectivity index (χ1n) is 10.6. The number of carboxylic acids is 6. The molecule has 210 valence electrons. The van der Waals surface area contributed by atoms with Crippen LogP contribution in [-0.4, -0.2) is 130 Å². The highest BCUT2D eigenvalue weighted by molar-refractivity contribution is 5.90. The highest BCUT2D eigenvalue weighted by Crippen LogP contribution is 2.08. The molecule has 1 rings (SSSR count). The predicted octanol–water partition coefficient (Wildman–Crippen LogP) is -0.633. The second-order valence-electron chi connectivity index (χ2n) is 7.29. The molecule has 0 saturated carbocycles. The van der Waals surface area contributed by atoms with Gasteiger partial charge in [-0.05, 0) is 47.1 Å². The molecule has 0 aliphatic carbocycles. The average molecular weight is 534 g/mol. The lowest BCUT2D eigenvalue weighted by atomic mass is 10.1. The summed E-state index contributed by atoms with van der Waals surface area (Å²) >= 11 is 0. The molecule has 37 heavy (non-hydrogen) atoms. The number of aliphatic carboxylic acids is 6. The quantitative estimate of drug-likeness (QED) is 0.173. The Labute approximate surface area is 213 Å². The Kier molecular flexibility index (Phi) is 24.0. The van der Waals surface area contributed by atoms with Crippen LogP contribution in [0.2, 0.25) is 0 Å². The van der Waals surface area contributed by atoms with Crippen LogP contribution in [0.4, 0.5) is 0 Å². The molecule has 0 unspecified atom stereocenters. The lowest BCUT2D eigenvalue weighted by molar-refractivity contribution is -0.134. The topological polar surface area (TPSA) is 242 Å². The third kappa shape index (κ3) is 36.7. The number of carbonyl (C=O) groups is 6. The van der Waals surface area contributed by atoms with Crippen molar-refractivity contribution in [1.29, 1.82) is 0 Å². The minimum absolute atomic E-state index is 0.558. The molecule has 0 aromatic rings. The van der Waals surface area contributed by atoms with E-state index in [1.165, 1.54) is 39.0 Å². The van der Waals surface area contributed by atoms with Gasteiger partial charge in [-0.15, -0.1) is 0 Å². The van der Waals surface area contributed by atoms with Gasteiger partial charge in [0.1, 0.15) is 0 Å². The molecule has 15 heteroatoms. The van der Waals surface area contributed by atoms with Gasteiger partial charge in [-0.3, -0.25) is 0 Å². The second kappa shape index (κ2) is 23.7. The zero-order valence-corrected chi connectivity index (χ0v) is 20.8. The molecule has 0 atom stereocenters. The molecule has 7 N–H and O–H groups in total. The fraction of sp³-hybridized carbons (Fsp3) is 0.455. The van der Waals surface area contributed by atoms with Gasteiger partial charge in [-0.25, -0.2) is 28.8 Å². The van der Waals surface area contributed by atoms with Gasteiger partial charge in [0.15, 0.2) is 0 Å². The Morgan fingerprint density at radius 3 is 1.08 bits per heavy atom. The van der Waals surface area contributed by atoms with Crippen molar-refractivity contribution in [3.05, 3.63) is 36.5 Å². The standard InChI is InChI=1S/C10H23N3.3C4H4O4/c1-12(2)8-9-13(3)10-4-6-11-7-5-10;3*5-3(6)1-2-4(7)8/h10-11H,4-9H2,1-3H3;3*1-2H,(H,5,6)(H,7,8)/b;3*2-1-. The van der Waals surface area contributed by atoms with E-state index in [-0.39, 0.29) is 0 Å². The van der Waals surface area contributed by atoms with Crippen LogP contribution >= 0.6 is 0 Å². The first-order valence-corrected chi connectivity index (χ1v) is 10.6. The van der Waals surface area contributed by atoms with Crippen molar-refractivity contribution in [1.82, 2.24) is 15.1 Å². The summed E-state index contributed by atoms with van der Waals surface area (Å²) in [4.78, 5) is 62.1. The van der Waals surface area contributed by atoms with Gasteiger partial charge < -0.3 is 45.8 Å². The molecule has 0 amide bonds. The molecule has 15 nitrogen and oxygen atoms in total. The molecule has 1 aliphatic rings. The van der Waals surface area contributed by atoms with Crippen molar-refractivity contribution < 1.29 is 59.4 Å². The van der Waals surface area contributed by atoms with Gasteiger partial charge >= 0.3 is 35.8 Å². The van der Waals surface area contributed by atoms with E-state index in [0.29, 0.717) is 36.5 Å². The van der Waals surface area contributed by atoms with Gasteiger partial charge in [0.25, 0.3) is 0 Å². The van der Waals surface area contributed by atoms with Crippen molar-refractivity contribution in [2.45, 2.75) is 18.9 Å². The summed E-state index contributed by atoms with van der Waals surface area (Å²) in [6, 6.07) is 0.807. The predicted molar refractivity (Wildman–Crippen MR) is 130 cm³/mol. The first kappa shape index (κ1) is 37.5. The number of nitrogens with zero attached hydrogens (tertiary/aromatic N) is 2. The highest BCUT2D eigenvalue weighted by Gasteiger charge is 2.16. The van der Waals surface area contributed by atoms with E-state index >= 15 is 0 Å². The van der Waals surface area contributed by atoms with E-state index in [2.05, 4.69) is 36.3 Å². The molecule has 1 aliphatic heterocycles. The van der Waals surface area contributed by atoms with Crippen molar-refractivity contribution in [3.63, 3.8) is 0 Å². The normalized spacial score (nSPS) is 13.2. The number of carboxylic acid groups (broad SMARTS) is 6. The van der Waals surface area contributed by atoms with E-state index < -0.39 is 35.8 Å². The summed E-state index contributed by atoms with van der Waals surface area (Å²) in [5, 5.41) is 50.3. The molecule has 0 bridgehead atoms. The van der Waals surface area contributed by atoms with Crippen LogP contribution in [0, 0.1) is 0 Å². The summed E-state index contributed by atoms with van der Waals surface area (Å²) in [6.45, 7) is 4.74. The molecule has 0 aromatic heterocycles. The largest absolute Gasteiger partial charge is 0.478 e. The Balaban J connectivity index is -0.000000430. The molecular formula is C22H35N3O12. The molecule has 0 radical (unpaired) electrons. The van der Waals surface area contributed by atoms with Crippen molar-refractivity contribution in [2.24, 2.45) is 0 Å². The summed E-state index contributed by atoms with van der Waals surface area (Å²) < 4.78 is 0. The van der Waals surface area contributed by atoms with Gasteiger partial charge in [0, 0.05) is 55.6 Å². The van der Waals surface area contributed by atoms with Crippen LogP contribution in [0.5, 0.6) is 0 Å². The molecule has 1 fully saturated rings. The fourth-order valence-corrected chi connectivity index (χ4v) is 2.22. The average Bonchev–Trinajstić information content (AvgIpc) is 2.80. The lowest BCUT2D eigenvalue weighted by Crippen LogP contribution is -2.43. The lowest BCUT2D eigenvalue weighted by Gasteiger charge is -2.32. The van der Waals surface area contributed by atoms with Crippen LogP contribution < -0.4 is 5.32 Å². The Hall–Kier alpha value is -4.08. The van der Waals surface area contributed by atoms with Crippen molar-refractivity contribution >= 4 is 35.8 Å². The Morgan fingerprint density at radius 2 is 0.865 bits per heavy atom. The summed E-state index contributed by atoms with van der Waals surface area (Å²) in [5.74, 6) is -7.54. The highest BCUT2D eigenvalue weighted by atomic mass is 16.4. The van der Waals surface area contributed by atoms with E-state index in [0.717, 1.165) is 6.04 Å². The van der Waals surface area contributed by atoms with E-state index in [9.17, 15) is 28.8 Å². The van der Waals surface area contributed by atoms with Gasteiger partial charge in [-0.1, -0.05) is 0 Å². The summed E-state index contributed by atoms with van der Waals surface area (Å²) in [5.41, 5.74) is 0. The van der Waals surface area contributed by atoms with Crippen molar-refractivity contribution in [3.8, 4) is 0 Å². The molecule has 1 heterocycles. The zero-order valence-electron chi connectivity index (χ0n) is 20.8. The number of hydrogen-bond donors (Lipinski definition) is 7. The van der Waals surface area contributed by atoms with Crippen molar-refractivity contribution in [2.75, 3.05) is 47.3 Å². The minimum atomic E-state index is -1.26. The molecule has 1 saturated heterocycles. The number of likely N-dealkylation sites (N-methyl/N-ethyl adjacent to an activating group) is 2. The van der Waals surface area contributed by atoms with E-state index in [1.54, 1.807) is 0 Å². The molecule has 0 spiro atoms. The second-order valence-corrected chi connectivity index (χ2v) is 7.29. The molecule has 0 aromatic carbocycles. The van der Waals surface area contributed by atoms with E-state index in [1.807, 2.05) is 0 Å². The van der Waals surface area contributed by atoms with Gasteiger partial charge in [0.05, 0.1) is 0 Å². The van der Waals surface area contributed by atoms with Crippen LogP contribution in [0.1, 0.15) is 12.8 Å². The van der Waals surface area contributed by atoms with Gasteiger partial charge in [0.2, 0.25) is 0 Å². The number of nitrogens with one attached hydrogen (secondary N) is 1. The van der Waals surface area contributed by atoms with Crippen LogP contribution in [0.15, 0.2) is 36.5 Å². The third-order valence-corrected chi connectivity index (χ3v) is 3.94. The minimum Gasteiger partial charge on any atom is -0.478 e. The number of rotatable bonds is 10. The summed E-state index contributed by atoms with van der Waals surface area (Å²) in [6.07, 6.45) is 5.97. The number of hydrogen-bond acceptors (Lipinski definition) is 9. The SMILES string of the molecule is CN(C)CCN(C)C1CCNCC1.O=C(O)/C=C\C(=O)O.O=C(O)/C=C\C(=O)O.O=C(O)/C=C\C(=O)O. The fourth-order valence-electron chi connectivity index (χ4n) is 2.22. The van der Waals surface area contributed by atoms with Gasteiger partial charge in [-0.2, -0.15) is 0 Å². The maximum Gasteiger partial charge on any atom is 0.328 e. The van der Waals surface area contributed by atoms with Crippen LogP contribution in [-0.2, 0) is 28.8 Å². The maximum atomic E-state index is 9.55. The Morgan fingerprint density at radius 1 is 0.595 bits per heavy atom. The summed E-state index contributed by atoms with van der Waals surface area (Å²) in [7, 11) is 6.52. The number of piperidine rings is 1. The zero-order chi connectivity index (χ0) is 29.4. The maximum absolute atomic E-state index is 9.55. The molecular weight excluding hydrogens is 498 g/mol. The van der Waals surface area contributed by atoms with Crippen LogP contribution in [0.25, 0.3) is 0 Å². The Bertz CT molecular complexity index is 687. The van der Waals surface area contributed by atoms with Crippen LogP contribution in [0.3, 0.4) is 0 Å². The monoisotopic (exact) mass is 533 g/mol. The smallest absolute Gasteiger partial charge is 0.328 e.